The Morgan fingerprint density at radius 3 is 2.47 bits per heavy atom. The van der Waals surface area contributed by atoms with Crippen molar-refractivity contribution in [3.8, 4) is 0 Å². The van der Waals surface area contributed by atoms with Crippen LogP contribution in [-0.4, -0.2) is 19.4 Å². The van der Waals surface area contributed by atoms with Gasteiger partial charge in [-0.2, -0.15) is 0 Å². The first-order chi connectivity index (χ1) is 6.90. The number of hydrogen-bond acceptors (Lipinski definition) is 4. The second-order valence-electron chi connectivity index (χ2n) is 4.25. The Bertz CT molecular complexity index is 385. The predicted molar refractivity (Wildman–Crippen MR) is 59.7 cm³/mol. The minimum Gasteiger partial charge on any atom is -0.465 e. The van der Waals surface area contributed by atoms with Crippen LogP contribution < -0.4 is 0 Å². The number of carbonyl (C=O) groups is 2. The van der Waals surface area contributed by atoms with Gasteiger partial charge in [0.15, 0.2) is 6.29 Å². The van der Waals surface area contributed by atoms with Crippen molar-refractivity contribution in [1.82, 2.24) is 0 Å². The normalized spacial score (nSPS) is 11.2. The fraction of sp³-hybridized carbons (Fsp3) is 0.455. The molecule has 15 heavy (non-hydrogen) atoms. The quantitative estimate of drug-likeness (QED) is 0.575. The van der Waals surface area contributed by atoms with Crippen molar-refractivity contribution in [2.24, 2.45) is 0 Å². The van der Waals surface area contributed by atoms with E-state index in [-0.39, 0.29) is 11.4 Å². The Hall–Kier alpha value is -1.16. The van der Waals surface area contributed by atoms with Crippen molar-refractivity contribution >= 4 is 23.6 Å². The zero-order valence-electron chi connectivity index (χ0n) is 9.29. The average Bonchev–Trinajstić information content (AvgIpc) is 2.59. The molecule has 82 valence electrons. The van der Waals surface area contributed by atoms with Gasteiger partial charge in [0.2, 0.25) is 0 Å². The minimum absolute atomic E-state index is 0.165. The molecular weight excluding hydrogens is 212 g/mol. The van der Waals surface area contributed by atoms with Crippen LogP contribution >= 0.6 is 11.3 Å². The summed E-state index contributed by atoms with van der Waals surface area (Å²) in [5, 5.41) is 0. The van der Waals surface area contributed by atoms with E-state index >= 15 is 0 Å². The van der Waals surface area contributed by atoms with Gasteiger partial charge in [0.1, 0.15) is 4.88 Å². The molecule has 1 aromatic heterocycles. The number of thiophene rings is 1. The van der Waals surface area contributed by atoms with E-state index in [1.54, 1.807) is 6.07 Å². The average molecular weight is 226 g/mol. The second-order valence-corrected chi connectivity index (χ2v) is 5.33. The molecule has 0 N–H and O–H groups in total. The highest BCUT2D eigenvalue weighted by molar-refractivity contribution is 7.15. The molecule has 0 atom stereocenters. The van der Waals surface area contributed by atoms with Crippen LogP contribution in [0.2, 0.25) is 0 Å². The number of carbonyl (C=O) groups excluding carboxylic acids is 2. The second kappa shape index (κ2) is 4.14. The standard InChI is InChI=1S/C11H14O3S/c1-11(2,3)8-5-7(6-12)15-9(8)10(13)14-4/h5-6H,1-4H3. The predicted octanol–water partition coefficient (Wildman–Crippen LogP) is 2.64. The summed E-state index contributed by atoms with van der Waals surface area (Å²) in [6.45, 7) is 5.99. The summed E-state index contributed by atoms with van der Waals surface area (Å²) in [5.74, 6) is -0.377. The molecular formula is C11H14O3S. The van der Waals surface area contributed by atoms with Crippen LogP contribution in [0.5, 0.6) is 0 Å². The summed E-state index contributed by atoms with van der Waals surface area (Å²) in [4.78, 5) is 23.2. The van der Waals surface area contributed by atoms with E-state index in [0.29, 0.717) is 9.75 Å². The fourth-order valence-electron chi connectivity index (χ4n) is 1.27. The Morgan fingerprint density at radius 2 is 2.07 bits per heavy atom. The summed E-state index contributed by atoms with van der Waals surface area (Å²) in [6.07, 6.45) is 0.756. The molecule has 0 unspecified atom stereocenters. The first-order valence-corrected chi connectivity index (χ1v) is 5.39. The van der Waals surface area contributed by atoms with Crippen molar-refractivity contribution in [3.63, 3.8) is 0 Å². The van der Waals surface area contributed by atoms with Crippen molar-refractivity contribution in [2.45, 2.75) is 26.2 Å². The molecule has 0 fully saturated rings. The third-order valence-corrected chi connectivity index (χ3v) is 3.09. The Balaban J connectivity index is 3.30. The van der Waals surface area contributed by atoms with Crippen molar-refractivity contribution < 1.29 is 14.3 Å². The minimum atomic E-state index is -0.377. The first kappa shape index (κ1) is 11.9. The van der Waals surface area contributed by atoms with Gasteiger partial charge in [-0.1, -0.05) is 20.8 Å². The summed E-state index contributed by atoms with van der Waals surface area (Å²) in [6, 6.07) is 1.75. The molecule has 0 radical (unpaired) electrons. The lowest BCUT2D eigenvalue weighted by Crippen LogP contribution is -2.15. The lowest BCUT2D eigenvalue weighted by atomic mass is 9.87. The van der Waals surface area contributed by atoms with E-state index < -0.39 is 0 Å². The molecule has 0 saturated heterocycles. The van der Waals surface area contributed by atoms with Crippen molar-refractivity contribution in [3.05, 3.63) is 21.4 Å². The first-order valence-electron chi connectivity index (χ1n) is 4.58. The SMILES string of the molecule is COC(=O)c1sc(C=O)cc1C(C)(C)C. The summed E-state index contributed by atoms with van der Waals surface area (Å²) < 4.78 is 4.69. The molecule has 0 aliphatic rings. The molecule has 3 nitrogen and oxygen atoms in total. The number of aldehydes is 1. The van der Waals surface area contributed by atoms with E-state index in [0.717, 1.165) is 11.8 Å². The van der Waals surface area contributed by atoms with E-state index in [1.165, 1.54) is 18.4 Å². The molecule has 0 saturated carbocycles. The van der Waals surface area contributed by atoms with Crippen LogP contribution in [0.25, 0.3) is 0 Å². The Kier molecular flexibility index (Phi) is 3.29. The number of esters is 1. The maximum atomic E-state index is 11.5. The van der Waals surface area contributed by atoms with Crippen molar-refractivity contribution in [2.75, 3.05) is 7.11 Å². The van der Waals surface area contributed by atoms with Crippen LogP contribution in [0.4, 0.5) is 0 Å². The topological polar surface area (TPSA) is 43.4 Å². The molecule has 0 spiro atoms. The molecule has 0 bridgehead atoms. The van der Waals surface area contributed by atoms with Gasteiger partial charge in [-0.25, -0.2) is 4.79 Å². The zero-order valence-corrected chi connectivity index (χ0v) is 10.1. The van der Waals surface area contributed by atoms with E-state index in [1.807, 2.05) is 20.8 Å². The van der Waals surface area contributed by atoms with Crippen LogP contribution in [0.15, 0.2) is 6.07 Å². The number of methoxy groups -OCH3 is 1. The van der Waals surface area contributed by atoms with Crippen LogP contribution in [-0.2, 0) is 10.2 Å². The fourth-order valence-corrected chi connectivity index (χ4v) is 2.37. The lowest BCUT2D eigenvalue weighted by Gasteiger charge is -2.18. The third-order valence-electron chi connectivity index (χ3n) is 2.05. The van der Waals surface area contributed by atoms with Crippen molar-refractivity contribution in [1.29, 1.82) is 0 Å². The smallest absolute Gasteiger partial charge is 0.348 e. The highest BCUT2D eigenvalue weighted by Crippen LogP contribution is 2.32. The largest absolute Gasteiger partial charge is 0.465 e. The van der Waals surface area contributed by atoms with Gasteiger partial charge in [-0.05, 0) is 17.0 Å². The number of hydrogen-bond donors (Lipinski definition) is 0. The highest BCUT2D eigenvalue weighted by atomic mass is 32.1. The molecule has 0 aliphatic carbocycles. The van der Waals surface area contributed by atoms with E-state index in [9.17, 15) is 9.59 Å². The summed E-state index contributed by atoms with van der Waals surface area (Å²) >= 11 is 1.18. The lowest BCUT2D eigenvalue weighted by molar-refractivity contribution is 0.0603. The maximum absolute atomic E-state index is 11.5. The van der Waals surface area contributed by atoms with Crippen LogP contribution in [0.3, 0.4) is 0 Å². The number of ether oxygens (including phenoxy) is 1. The Morgan fingerprint density at radius 1 is 1.47 bits per heavy atom. The van der Waals surface area contributed by atoms with E-state index in [4.69, 9.17) is 0 Å². The molecule has 1 rings (SSSR count). The zero-order chi connectivity index (χ0) is 11.6. The van der Waals surface area contributed by atoms with Crippen LogP contribution in [0.1, 0.15) is 45.7 Å². The summed E-state index contributed by atoms with van der Waals surface area (Å²) in [7, 11) is 1.34. The maximum Gasteiger partial charge on any atom is 0.348 e. The third kappa shape index (κ3) is 2.45. The molecule has 0 aromatic carbocycles. The van der Waals surface area contributed by atoms with Gasteiger partial charge in [0.25, 0.3) is 0 Å². The molecule has 1 heterocycles. The Labute approximate surface area is 93.1 Å². The van der Waals surface area contributed by atoms with Gasteiger partial charge < -0.3 is 4.74 Å². The van der Waals surface area contributed by atoms with Gasteiger partial charge in [-0.15, -0.1) is 11.3 Å². The highest BCUT2D eigenvalue weighted by Gasteiger charge is 2.25. The summed E-state index contributed by atoms with van der Waals surface area (Å²) in [5.41, 5.74) is 0.697. The molecule has 4 heteroatoms. The van der Waals surface area contributed by atoms with Gasteiger partial charge in [0.05, 0.1) is 12.0 Å². The van der Waals surface area contributed by atoms with Gasteiger partial charge in [0, 0.05) is 0 Å². The van der Waals surface area contributed by atoms with Gasteiger partial charge >= 0.3 is 5.97 Å². The molecule has 1 aromatic rings. The molecule has 0 amide bonds. The van der Waals surface area contributed by atoms with E-state index in [2.05, 4.69) is 4.74 Å². The number of rotatable bonds is 2. The van der Waals surface area contributed by atoms with Crippen LogP contribution in [0, 0.1) is 0 Å². The molecule has 0 aliphatic heterocycles. The van der Waals surface area contributed by atoms with Gasteiger partial charge in [-0.3, -0.25) is 4.79 Å². The monoisotopic (exact) mass is 226 g/mol.